The first-order chi connectivity index (χ1) is 9.15. The molecule has 1 aromatic heterocycles. The van der Waals surface area contributed by atoms with Gasteiger partial charge in [-0.15, -0.1) is 0 Å². The van der Waals surface area contributed by atoms with Crippen LogP contribution in [-0.2, 0) is 0 Å². The lowest BCUT2D eigenvalue weighted by atomic mass is 10.2. The minimum atomic E-state index is -0.349. The van der Waals surface area contributed by atoms with Crippen LogP contribution in [0.1, 0.15) is 49.9 Å². The second-order valence-corrected chi connectivity index (χ2v) is 5.15. The van der Waals surface area contributed by atoms with Crippen LogP contribution in [0.5, 0.6) is 0 Å². The predicted molar refractivity (Wildman–Crippen MR) is 76.0 cm³/mol. The molecule has 0 bridgehead atoms. The molecule has 0 saturated heterocycles. The van der Waals surface area contributed by atoms with Crippen LogP contribution in [-0.4, -0.2) is 27.7 Å². The molecule has 1 aliphatic rings. The van der Waals surface area contributed by atoms with E-state index in [9.17, 15) is 5.11 Å². The monoisotopic (exact) mass is 265 g/mol. The summed E-state index contributed by atoms with van der Waals surface area (Å²) in [5.41, 5.74) is 3.50. The summed E-state index contributed by atoms with van der Waals surface area (Å²) in [6.07, 6.45) is 3.69. The van der Waals surface area contributed by atoms with Crippen LogP contribution in [0.15, 0.2) is 0 Å². The molecule has 1 aromatic rings. The Morgan fingerprint density at radius 3 is 2.63 bits per heavy atom. The van der Waals surface area contributed by atoms with Gasteiger partial charge in [-0.1, -0.05) is 13.3 Å². The quantitative estimate of drug-likeness (QED) is 0.441. The molecule has 1 atom stereocenters. The molecule has 1 saturated carbocycles. The summed E-state index contributed by atoms with van der Waals surface area (Å²) < 4.78 is 0. The van der Waals surface area contributed by atoms with E-state index in [4.69, 9.17) is 5.84 Å². The first-order valence-electron chi connectivity index (χ1n) is 6.92. The second-order valence-electron chi connectivity index (χ2n) is 5.15. The topological polar surface area (TPSA) is 96.1 Å². The summed E-state index contributed by atoms with van der Waals surface area (Å²) in [5, 5.41) is 13.0. The maximum Gasteiger partial charge on any atom is 0.148 e. The predicted octanol–water partition coefficient (Wildman–Crippen LogP) is 1.52. The fraction of sp³-hybridized carbons (Fsp3) is 0.692. The van der Waals surface area contributed by atoms with Crippen molar-refractivity contribution in [3.8, 4) is 0 Å². The van der Waals surface area contributed by atoms with Crippen molar-refractivity contribution in [2.75, 3.05) is 17.3 Å². The third-order valence-electron chi connectivity index (χ3n) is 3.37. The Kier molecular flexibility index (Phi) is 4.55. The molecule has 19 heavy (non-hydrogen) atoms. The summed E-state index contributed by atoms with van der Waals surface area (Å²) in [6, 6.07) is 0. The maximum absolute atomic E-state index is 9.77. The molecule has 1 heterocycles. The highest BCUT2D eigenvalue weighted by Gasteiger charge is 2.28. The maximum atomic E-state index is 9.77. The Morgan fingerprint density at radius 1 is 1.37 bits per heavy atom. The third-order valence-corrected chi connectivity index (χ3v) is 3.37. The Morgan fingerprint density at radius 2 is 2.05 bits per heavy atom. The smallest absolute Gasteiger partial charge is 0.148 e. The van der Waals surface area contributed by atoms with Crippen LogP contribution in [0, 0.1) is 6.92 Å². The van der Waals surface area contributed by atoms with Crippen molar-refractivity contribution < 1.29 is 5.11 Å². The van der Waals surface area contributed by atoms with E-state index in [0.29, 0.717) is 18.3 Å². The van der Waals surface area contributed by atoms with Gasteiger partial charge in [-0.2, -0.15) is 0 Å². The van der Waals surface area contributed by atoms with Crippen molar-refractivity contribution in [1.29, 1.82) is 0 Å². The molecule has 0 aromatic carbocycles. The molecule has 106 valence electrons. The van der Waals surface area contributed by atoms with Gasteiger partial charge in [-0.05, 0) is 26.2 Å². The number of hydrogen-bond acceptors (Lipinski definition) is 6. The van der Waals surface area contributed by atoms with Crippen LogP contribution in [0.4, 0.5) is 11.6 Å². The van der Waals surface area contributed by atoms with Crippen LogP contribution in [0.3, 0.4) is 0 Å². The van der Waals surface area contributed by atoms with E-state index in [-0.39, 0.29) is 6.10 Å². The Hall–Kier alpha value is -1.40. The van der Waals surface area contributed by atoms with E-state index in [0.717, 1.165) is 42.9 Å². The molecule has 0 amide bonds. The lowest BCUT2D eigenvalue weighted by Gasteiger charge is -2.15. The van der Waals surface area contributed by atoms with Gasteiger partial charge in [0.15, 0.2) is 0 Å². The number of nitrogens with zero attached hydrogens (tertiary/aromatic N) is 2. The summed E-state index contributed by atoms with van der Waals surface area (Å²) in [5.74, 6) is 8.22. The lowest BCUT2D eigenvalue weighted by molar-refractivity contribution is 0.176. The number of aliphatic hydroxyl groups is 1. The van der Waals surface area contributed by atoms with Crippen molar-refractivity contribution in [1.82, 2.24) is 9.97 Å². The number of nitrogens with one attached hydrogen (secondary N) is 2. The average Bonchev–Trinajstić information content (AvgIpc) is 3.22. The molecule has 6 nitrogen and oxygen atoms in total. The summed E-state index contributed by atoms with van der Waals surface area (Å²) in [7, 11) is 0. The number of nitrogen functional groups attached to an aromatic ring is 1. The summed E-state index contributed by atoms with van der Waals surface area (Å²) in [6.45, 7) is 4.47. The van der Waals surface area contributed by atoms with E-state index in [1.165, 1.54) is 0 Å². The molecule has 0 radical (unpaired) electrons. The van der Waals surface area contributed by atoms with Gasteiger partial charge in [-0.25, -0.2) is 15.8 Å². The molecule has 1 unspecified atom stereocenters. The summed E-state index contributed by atoms with van der Waals surface area (Å²) in [4.78, 5) is 8.97. The van der Waals surface area contributed by atoms with Gasteiger partial charge < -0.3 is 15.8 Å². The Balaban J connectivity index is 2.11. The average molecular weight is 265 g/mol. The normalized spacial score (nSPS) is 16.2. The highest BCUT2D eigenvalue weighted by atomic mass is 16.3. The molecule has 6 heteroatoms. The summed E-state index contributed by atoms with van der Waals surface area (Å²) >= 11 is 0. The molecule has 5 N–H and O–H groups in total. The number of aromatic nitrogens is 2. The van der Waals surface area contributed by atoms with Gasteiger partial charge in [0.05, 0.1) is 6.10 Å². The van der Waals surface area contributed by atoms with Crippen LogP contribution in [0.25, 0.3) is 0 Å². The third kappa shape index (κ3) is 3.54. The molecular formula is C13H23N5O. The zero-order valence-electron chi connectivity index (χ0n) is 11.6. The van der Waals surface area contributed by atoms with E-state index in [1.54, 1.807) is 0 Å². The zero-order chi connectivity index (χ0) is 13.8. The van der Waals surface area contributed by atoms with Crippen molar-refractivity contribution in [2.24, 2.45) is 5.84 Å². The number of hydrazine groups is 1. The Bertz CT molecular complexity index is 433. The van der Waals surface area contributed by atoms with Gasteiger partial charge in [0, 0.05) is 18.0 Å². The standard InChI is InChI=1S/C13H23N5O/c1-3-4-10(19)7-15-11-8(2)12(18-14)17-13(16-11)9-5-6-9/h9-10,19H,3-7,14H2,1-2H3,(H2,15,16,17,18). The number of aliphatic hydroxyl groups excluding tert-OH is 1. The van der Waals surface area contributed by atoms with Gasteiger partial charge in [0.2, 0.25) is 0 Å². The molecule has 1 fully saturated rings. The zero-order valence-corrected chi connectivity index (χ0v) is 11.6. The van der Waals surface area contributed by atoms with Crippen molar-refractivity contribution >= 4 is 11.6 Å². The number of nitrogens with two attached hydrogens (primary N) is 1. The first kappa shape index (κ1) is 14.0. The number of rotatable bonds is 7. The van der Waals surface area contributed by atoms with Gasteiger partial charge in [0.25, 0.3) is 0 Å². The highest BCUT2D eigenvalue weighted by molar-refractivity contribution is 5.57. The lowest BCUT2D eigenvalue weighted by Crippen LogP contribution is -2.21. The minimum Gasteiger partial charge on any atom is -0.391 e. The molecule has 1 aliphatic carbocycles. The van der Waals surface area contributed by atoms with E-state index < -0.39 is 0 Å². The highest BCUT2D eigenvalue weighted by Crippen LogP contribution is 2.39. The van der Waals surface area contributed by atoms with Crippen LogP contribution in [0.2, 0.25) is 0 Å². The van der Waals surface area contributed by atoms with Crippen LogP contribution < -0.4 is 16.6 Å². The van der Waals surface area contributed by atoms with E-state index >= 15 is 0 Å². The van der Waals surface area contributed by atoms with Gasteiger partial charge in [-0.3, -0.25) is 0 Å². The Labute approximate surface area is 113 Å². The van der Waals surface area contributed by atoms with Crippen molar-refractivity contribution in [3.63, 3.8) is 0 Å². The number of hydrogen-bond donors (Lipinski definition) is 4. The molecule has 2 rings (SSSR count). The first-order valence-corrected chi connectivity index (χ1v) is 6.92. The van der Waals surface area contributed by atoms with Crippen LogP contribution >= 0.6 is 0 Å². The molecule has 0 spiro atoms. The SMILES string of the molecule is CCCC(O)CNc1nc(C2CC2)nc(NN)c1C. The fourth-order valence-electron chi connectivity index (χ4n) is 2.02. The minimum absolute atomic E-state index is 0.349. The van der Waals surface area contributed by atoms with Crippen molar-refractivity contribution in [3.05, 3.63) is 11.4 Å². The molecule has 0 aliphatic heterocycles. The largest absolute Gasteiger partial charge is 0.391 e. The van der Waals surface area contributed by atoms with Crippen molar-refractivity contribution in [2.45, 2.75) is 51.6 Å². The fourth-order valence-corrected chi connectivity index (χ4v) is 2.02. The van der Waals surface area contributed by atoms with E-state index in [1.807, 2.05) is 6.92 Å². The van der Waals surface area contributed by atoms with Gasteiger partial charge >= 0.3 is 0 Å². The molecular weight excluding hydrogens is 242 g/mol. The van der Waals surface area contributed by atoms with E-state index in [2.05, 4.69) is 27.6 Å². The second kappa shape index (κ2) is 6.16. The number of anilines is 2. The van der Waals surface area contributed by atoms with Gasteiger partial charge in [0.1, 0.15) is 17.5 Å².